The Bertz CT molecular complexity index is 838. The predicted molar refractivity (Wildman–Crippen MR) is 108 cm³/mol. The number of carbonyl (C=O) groups excluding carboxylic acids is 3. The van der Waals surface area contributed by atoms with Crippen molar-refractivity contribution < 1.29 is 23.9 Å². The van der Waals surface area contributed by atoms with Gasteiger partial charge in [-0.05, 0) is 42.7 Å². The largest absolute Gasteiger partial charge is 0.497 e. The van der Waals surface area contributed by atoms with E-state index in [9.17, 15) is 14.4 Å². The van der Waals surface area contributed by atoms with Gasteiger partial charge in [-0.15, -0.1) is 0 Å². The van der Waals surface area contributed by atoms with E-state index in [1.54, 1.807) is 18.2 Å². The SMILES string of the molecule is COc1ccc(NC(=O)CN2C(=O)N[C@@]3(C[C@H](C)CC(C)(C)C3)C2=O)c(OC)c1. The fourth-order valence-electron chi connectivity index (χ4n) is 4.88. The first-order valence-electron chi connectivity index (χ1n) is 9.75. The zero-order chi connectivity index (χ0) is 21.4. The van der Waals surface area contributed by atoms with Crippen LogP contribution in [0.3, 0.4) is 0 Å². The van der Waals surface area contributed by atoms with Crippen LogP contribution < -0.4 is 20.1 Å². The molecule has 0 bridgehead atoms. The number of hydrogen-bond donors (Lipinski definition) is 2. The van der Waals surface area contributed by atoms with E-state index < -0.39 is 17.5 Å². The maximum Gasteiger partial charge on any atom is 0.325 e. The number of benzene rings is 1. The summed E-state index contributed by atoms with van der Waals surface area (Å²) in [5.41, 5.74) is -0.543. The Morgan fingerprint density at radius 2 is 1.97 bits per heavy atom. The first kappa shape index (κ1) is 21.0. The number of imide groups is 1. The Labute approximate surface area is 170 Å². The van der Waals surface area contributed by atoms with Crippen LogP contribution in [-0.2, 0) is 9.59 Å². The molecule has 0 aromatic heterocycles. The van der Waals surface area contributed by atoms with Gasteiger partial charge >= 0.3 is 6.03 Å². The molecule has 29 heavy (non-hydrogen) atoms. The van der Waals surface area contributed by atoms with Crippen molar-refractivity contribution in [1.29, 1.82) is 0 Å². The van der Waals surface area contributed by atoms with Crippen molar-refractivity contribution in [3.63, 3.8) is 0 Å². The Morgan fingerprint density at radius 1 is 1.24 bits per heavy atom. The van der Waals surface area contributed by atoms with Crippen molar-refractivity contribution in [2.24, 2.45) is 11.3 Å². The molecular formula is C21H29N3O5. The zero-order valence-electron chi connectivity index (χ0n) is 17.6. The molecule has 1 aliphatic carbocycles. The molecule has 2 N–H and O–H groups in total. The Morgan fingerprint density at radius 3 is 2.59 bits per heavy atom. The first-order valence-corrected chi connectivity index (χ1v) is 9.75. The van der Waals surface area contributed by atoms with Crippen LogP contribution in [-0.4, -0.2) is 49.0 Å². The summed E-state index contributed by atoms with van der Waals surface area (Å²) < 4.78 is 10.4. The Hall–Kier alpha value is -2.77. The molecule has 158 valence electrons. The van der Waals surface area contributed by atoms with Gasteiger partial charge in [0, 0.05) is 6.07 Å². The highest BCUT2D eigenvalue weighted by Crippen LogP contribution is 2.46. The summed E-state index contributed by atoms with van der Waals surface area (Å²) in [6.07, 6.45) is 2.15. The van der Waals surface area contributed by atoms with E-state index in [1.165, 1.54) is 14.2 Å². The molecule has 2 fully saturated rings. The van der Waals surface area contributed by atoms with Crippen molar-refractivity contribution in [2.75, 3.05) is 26.1 Å². The number of urea groups is 1. The molecule has 8 heteroatoms. The first-order chi connectivity index (χ1) is 13.6. The molecule has 3 rings (SSSR count). The molecule has 1 saturated heterocycles. The summed E-state index contributed by atoms with van der Waals surface area (Å²) in [7, 11) is 3.02. The summed E-state index contributed by atoms with van der Waals surface area (Å²) in [4.78, 5) is 39.3. The molecule has 1 heterocycles. The highest BCUT2D eigenvalue weighted by atomic mass is 16.5. The van der Waals surface area contributed by atoms with E-state index in [-0.39, 0.29) is 17.9 Å². The van der Waals surface area contributed by atoms with Gasteiger partial charge < -0.3 is 20.1 Å². The standard InChI is InChI=1S/C21H29N3O5/c1-13-9-20(2,3)12-21(10-13)18(26)24(19(27)23-21)11-17(25)22-15-7-6-14(28-4)8-16(15)29-5/h6-8,13H,9-12H2,1-5H3,(H,22,25)(H,23,27)/t13-,21-/m1/s1. The number of nitrogens with zero attached hydrogens (tertiary/aromatic N) is 1. The maximum atomic E-state index is 13.1. The van der Waals surface area contributed by atoms with E-state index >= 15 is 0 Å². The van der Waals surface area contributed by atoms with Gasteiger partial charge in [0.1, 0.15) is 23.6 Å². The average molecular weight is 403 g/mol. The van der Waals surface area contributed by atoms with Crippen LogP contribution in [0.5, 0.6) is 11.5 Å². The average Bonchev–Trinajstić information content (AvgIpc) is 2.83. The lowest BCUT2D eigenvalue weighted by Crippen LogP contribution is -2.54. The van der Waals surface area contributed by atoms with Crippen LogP contribution in [0.25, 0.3) is 0 Å². The molecule has 2 atom stereocenters. The van der Waals surface area contributed by atoms with Gasteiger partial charge in [-0.3, -0.25) is 14.5 Å². The minimum absolute atomic E-state index is 0.0602. The summed E-state index contributed by atoms with van der Waals surface area (Å²) in [5, 5.41) is 5.58. The molecule has 0 radical (unpaired) electrons. The number of methoxy groups -OCH3 is 2. The van der Waals surface area contributed by atoms with Gasteiger partial charge in [0.2, 0.25) is 5.91 Å². The van der Waals surface area contributed by atoms with Crippen LogP contribution >= 0.6 is 0 Å². The van der Waals surface area contributed by atoms with Gasteiger partial charge in [-0.25, -0.2) is 4.79 Å². The number of carbonyl (C=O) groups is 3. The predicted octanol–water partition coefficient (Wildman–Crippen LogP) is 2.78. The molecule has 4 amide bonds. The molecule has 8 nitrogen and oxygen atoms in total. The zero-order valence-corrected chi connectivity index (χ0v) is 17.6. The monoisotopic (exact) mass is 403 g/mol. The number of hydrogen-bond acceptors (Lipinski definition) is 5. The van der Waals surface area contributed by atoms with E-state index in [0.29, 0.717) is 35.9 Å². The molecule has 1 aliphatic heterocycles. The highest BCUT2D eigenvalue weighted by molar-refractivity contribution is 6.10. The summed E-state index contributed by atoms with van der Waals surface area (Å²) in [6, 6.07) is 4.46. The second-order valence-corrected chi connectivity index (χ2v) is 8.87. The second kappa shape index (κ2) is 7.57. The van der Waals surface area contributed by atoms with Crippen molar-refractivity contribution >= 4 is 23.5 Å². The van der Waals surface area contributed by atoms with Crippen molar-refractivity contribution in [3.05, 3.63) is 18.2 Å². The van der Waals surface area contributed by atoms with Crippen LogP contribution in [0.2, 0.25) is 0 Å². The maximum absolute atomic E-state index is 13.1. The molecule has 1 spiro atoms. The third-order valence-corrected chi connectivity index (χ3v) is 5.61. The number of nitrogens with one attached hydrogen (secondary N) is 2. The molecule has 2 aliphatic rings. The fourth-order valence-corrected chi connectivity index (χ4v) is 4.88. The second-order valence-electron chi connectivity index (χ2n) is 8.87. The van der Waals surface area contributed by atoms with E-state index in [1.807, 2.05) is 0 Å². The summed E-state index contributed by atoms with van der Waals surface area (Å²) in [6.45, 7) is 5.95. The normalized spacial score (nSPS) is 25.7. The van der Waals surface area contributed by atoms with E-state index in [0.717, 1.165) is 11.3 Å². The fraction of sp³-hybridized carbons (Fsp3) is 0.571. The third kappa shape index (κ3) is 4.16. The lowest BCUT2D eigenvalue weighted by Gasteiger charge is -2.43. The number of anilines is 1. The van der Waals surface area contributed by atoms with E-state index in [2.05, 4.69) is 31.4 Å². The van der Waals surface area contributed by atoms with Gasteiger partial charge in [-0.1, -0.05) is 20.8 Å². The molecule has 1 saturated carbocycles. The molecular weight excluding hydrogens is 374 g/mol. The number of ether oxygens (including phenoxy) is 2. The third-order valence-electron chi connectivity index (χ3n) is 5.61. The van der Waals surface area contributed by atoms with Crippen LogP contribution in [0.15, 0.2) is 18.2 Å². The Kier molecular flexibility index (Phi) is 5.47. The van der Waals surface area contributed by atoms with Gasteiger partial charge in [-0.2, -0.15) is 0 Å². The van der Waals surface area contributed by atoms with Gasteiger partial charge in [0.05, 0.1) is 19.9 Å². The number of amides is 4. The topological polar surface area (TPSA) is 97.0 Å². The summed E-state index contributed by atoms with van der Waals surface area (Å²) >= 11 is 0. The van der Waals surface area contributed by atoms with Crippen molar-refractivity contribution in [3.8, 4) is 11.5 Å². The van der Waals surface area contributed by atoms with Crippen LogP contribution in [0.1, 0.15) is 40.0 Å². The lowest BCUT2D eigenvalue weighted by molar-refractivity contribution is -0.136. The van der Waals surface area contributed by atoms with Gasteiger partial charge in [0.15, 0.2) is 0 Å². The smallest absolute Gasteiger partial charge is 0.325 e. The highest BCUT2D eigenvalue weighted by Gasteiger charge is 2.56. The van der Waals surface area contributed by atoms with E-state index in [4.69, 9.17) is 9.47 Å². The molecule has 1 aromatic carbocycles. The van der Waals surface area contributed by atoms with Gasteiger partial charge in [0.25, 0.3) is 5.91 Å². The minimum atomic E-state index is -0.920. The number of rotatable bonds is 5. The molecule has 1 aromatic rings. The lowest BCUT2D eigenvalue weighted by atomic mass is 9.64. The van der Waals surface area contributed by atoms with Crippen LogP contribution in [0, 0.1) is 11.3 Å². The van der Waals surface area contributed by atoms with Crippen LogP contribution in [0.4, 0.5) is 10.5 Å². The molecule has 0 unspecified atom stereocenters. The van der Waals surface area contributed by atoms with Crippen molar-refractivity contribution in [2.45, 2.75) is 45.6 Å². The quantitative estimate of drug-likeness (QED) is 0.737. The Balaban J connectivity index is 1.73. The van der Waals surface area contributed by atoms with Crippen molar-refractivity contribution in [1.82, 2.24) is 10.2 Å². The summed E-state index contributed by atoms with van der Waals surface area (Å²) in [5.74, 6) is 0.524. The minimum Gasteiger partial charge on any atom is -0.497 e.